The third-order valence-corrected chi connectivity index (χ3v) is 8.54. The summed E-state index contributed by atoms with van der Waals surface area (Å²) >= 11 is 0. The molecule has 2 aliphatic carbocycles. The number of benzene rings is 1. The standard InChI is InChI=1S/C30H43N2O3/c1-22-19-28-27(13-12-24(3)30(28,34)20-29(22)35-25(4)33)23(2)21-32-17-15-31(16-18-32)14-8-11-26-9-6-5-7-10-26/h5-11,19-20,23-24,27-29,34H,12-18,21H2,1-4H3/b11-8+/t23?,24-,27+,28-,29-,30-/m1/s1. The number of esters is 1. The van der Waals surface area contributed by atoms with Crippen LogP contribution in [0.1, 0.15) is 46.1 Å². The molecule has 1 radical (unpaired) electrons. The molecule has 0 amide bonds. The summed E-state index contributed by atoms with van der Waals surface area (Å²) in [5.41, 5.74) is 1.38. The molecule has 1 saturated carbocycles. The van der Waals surface area contributed by atoms with Crippen molar-refractivity contribution in [3.05, 3.63) is 60.0 Å². The summed E-state index contributed by atoms with van der Waals surface area (Å²) in [5.74, 6) is 0.853. The van der Waals surface area contributed by atoms with Crippen molar-refractivity contribution in [3.8, 4) is 0 Å². The second kappa shape index (κ2) is 11.4. The van der Waals surface area contributed by atoms with E-state index in [-0.39, 0.29) is 17.8 Å². The maximum atomic E-state index is 11.8. The fraction of sp³-hybridized carbons (Fsp3) is 0.600. The van der Waals surface area contributed by atoms with Crippen LogP contribution in [-0.2, 0) is 9.53 Å². The molecule has 1 unspecified atom stereocenters. The van der Waals surface area contributed by atoms with Gasteiger partial charge in [-0.05, 0) is 48.7 Å². The normalized spacial score (nSPS) is 33.2. The minimum atomic E-state index is -0.916. The van der Waals surface area contributed by atoms with E-state index < -0.39 is 11.7 Å². The highest BCUT2D eigenvalue weighted by Gasteiger charge is 2.53. The van der Waals surface area contributed by atoms with Crippen LogP contribution in [0.4, 0.5) is 0 Å². The second-order valence-corrected chi connectivity index (χ2v) is 11.1. The van der Waals surface area contributed by atoms with Gasteiger partial charge >= 0.3 is 5.97 Å². The van der Waals surface area contributed by atoms with E-state index in [1.807, 2.05) is 13.3 Å². The van der Waals surface area contributed by atoms with Gasteiger partial charge < -0.3 is 14.7 Å². The summed E-state index contributed by atoms with van der Waals surface area (Å²) in [4.78, 5) is 16.7. The van der Waals surface area contributed by atoms with Crippen molar-refractivity contribution in [1.82, 2.24) is 9.80 Å². The predicted molar refractivity (Wildman–Crippen MR) is 141 cm³/mol. The van der Waals surface area contributed by atoms with Gasteiger partial charge in [0.25, 0.3) is 0 Å². The van der Waals surface area contributed by atoms with Crippen LogP contribution in [0.5, 0.6) is 0 Å². The second-order valence-electron chi connectivity index (χ2n) is 11.1. The molecule has 191 valence electrons. The average molecular weight is 480 g/mol. The summed E-state index contributed by atoms with van der Waals surface area (Å²) in [6, 6.07) is 10.5. The van der Waals surface area contributed by atoms with E-state index in [4.69, 9.17) is 4.74 Å². The van der Waals surface area contributed by atoms with Gasteiger partial charge in [-0.25, -0.2) is 0 Å². The molecule has 4 rings (SSSR count). The molecule has 1 aromatic rings. The van der Waals surface area contributed by atoms with Crippen LogP contribution < -0.4 is 0 Å². The molecule has 1 heterocycles. The third-order valence-electron chi connectivity index (χ3n) is 8.54. The summed E-state index contributed by atoms with van der Waals surface area (Å²) in [6.45, 7) is 14.4. The van der Waals surface area contributed by atoms with Crippen LogP contribution in [0.3, 0.4) is 0 Å². The maximum Gasteiger partial charge on any atom is 0.303 e. The van der Waals surface area contributed by atoms with Crippen molar-refractivity contribution >= 4 is 12.0 Å². The Kier molecular flexibility index (Phi) is 8.51. The quantitative estimate of drug-likeness (QED) is 0.463. The molecule has 0 bridgehead atoms. The summed E-state index contributed by atoms with van der Waals surface area (Å²) in [5, 5.41) is 11.8. The van der Waals surface area contributed by atoms with Gasteiger partial charge in [-0.3, -0.25) is 9.69 Å². The number of hydrogen-bond donors (Lipinski definition) is 1. The maximum absolute atomic E-state index is 11.8. The van der Waals surface area contributed by atoms with Crippen molar-refractivity contribution in [3.63, 3.8) is 0 Å². The first-order chi connectivity index (χ1) is 16.8. The monoisotopic (exact) mass is 479 g/mol. The fourth-order valence-electron chi connectivity index (χ4n) is 6.35. The number of piperazine rings is 1. The van der Waals surface area contributed by atoms with Crippen LogP contribution in [0.25, 0.3) is 6.08 Å². The van der Waals surface area contributed by atoms with E-state index in [0.29, 0.717) is 11.8 Å². The van der Waals surface area contributed by atoms with Gasteiger partial charge in [-0.1, -0.05) is 62.4 Å². The Morgan fingerprint density at radius 1 is 1.17 bits per heavy atom. The van der Waals surface area contributed by atoms with Gasteiger partial charge in [-0.15, -0.1) is 0 Å². The number of aliphatic hydroxyl groups is 1. The first kappa shape index (κ1) is 26.1. The zero-order chi connectivity index (χ0) is 25.0. The molecule has 1 N–H and O–H groups in total. The number of carbonyl (C=O) groups excluding carboxylic acids is 1. The first-order valence-corrected chi connectivity index (χ1v) is 13.4. The molecule has 6 atom stereocenters. The van der Waals surface area contributed by atoms with Gasteiger partial charge in [0.1, 0.15) is 6.10 Å². The van der Waals surface area contributed by atoms with Crippen molar-refractivity contribution in [2.24, 2.45) is 23.7 Å². The van der Waals surface area contributed by atoms with Gasteiger partial charge in [0.2, 0.25) is 0 Å². The van der Waals surface area contributed by atoms with Crippen LogP contribution >= 0.6 is 0 Å². The topological polar surface area (TPSA) is 53.0 Å². The number of carbonyl (C=O) groups is 1. The van der Waals surface area contributed by atoms with Crippen LogP contribution in [-0.4, -0.2) is 71.8 Å². The molecule has 5 nitrogen and oxygen atoms in total. The molecule has 1 aromatic carbocycles. The van der Waals surface area contributed by atoms with E-state index in [9.17, 15) is 9.90 Å². The third kappa shape index (κ3) is 6.25. The Morgan fingerprint density at radius 2 is 1.86 bits per heavy atom. The fourth-order valence-corrected chi connectivity index (χ4v) is 6.35. The molecule has 1 aliphatic heterocycles. The van der Waals surface area contributed by atoms with Gasteiger partial charge in [0.15, 0.2) is 0 Å². The summed E-state index contributed by atoms with van der Waals surface area (Å²) in [7, 11) is 0. The van der Waals surface area contributed by atoms with E-state index in [2.05, 4.69) is 72.2 Å². The van der Waals surface area contributed by atoms with Gasteiger partial charge in [-0.2, -0.15) is 0 Å². The molecule has 3 aliphatic rings. The molecule has 2 fully saturated rings. The van der Waals surface area contributed by atoms with E-state index in [1.54, 1.807) is 0 Å². The summed E-state index contributed by atoms with van der Waals surface area (Å²) in [6.07, 6.45) is 10.3. The molecule has 5 heteroatoms. The smallest absolute Gasteiger partial charge is 0.303 e. The van der Waals surface area contributed by atoms with Crippen molar-refractivity contribution in [2.45, 2.75) is 52.2 Å². The molecular formula is C30H43N2O3. The van der Waals surface area contributed by atoms with Crippen molar-refractivity contribution in [1.29, 1.82) is 0 Å². The largest absolute Gasteiger partial charge is 0.458 e. The van der Waals surface area contributed by atoms with E-state index in [0.717, 1.165) is 57.7 Å². The number of hydrogen-bond acceptors (Lipinski definition) is 5. The highest BCUT2D eigenvalue weighted by molar-refractivity contribution is 5.66. The van der Waals surface area contributed by atoms with Crippen LogP contribution in [0, 0.1) is 30.1 Å². The number of rotatable bonds is 7. The molecule has 1 saturated heterocycles. The van der Waals surface area contributed by atoms with Crippen LogP contribution in [0.2, 0.25) is 0 Å². The molecular weight excluding hydrogens is 436 g/mol. The van der Waals surface area contributed by atoms with Crippen molar-refractivity contribution < 1.29 is 14.6 Å². The predicted octanol–water partition coefficient (Wildman–Crippen LogP) is 4.44. The first-order valence-electron chi connectivity index (χ1n) is 13.4. The minimum absolute atomic E-state index is 0.0810. The highest BCUT2D eigenvalue weighted by atomic mass is 16.5. The highest BCUT2D eigenvalue weighted by Crippen LogP contribution is 2.50. The zero-order valence-corrected chi connectivity index (χ0v) is 21.9. The Labute approximate surface area is 211 Å². The Balaban J connectivity index is 1.32. The lowest BCUT2D eigenvalue weighted by Crippen LogP contribution is -2.57. The minimum Gasteiger partial charge on any atom is -0.458 e. The van der Waals surface area contributed by atoms with Crippen molar-refractivity contribution in [2.75, 3.05) is 39.3 Å². The molecule has 35 heavy (non-hydrogen) atoms. The Bertz CT molecular complexity index is 905. The lowest BCUT2D eigenvalue weighted by molar-refractivity contribution is -0.148. The number of nitrogens with zero attached hydrogens (tertiary/aromatic N) is 2. The van der Waals surface area contributed by atoms with Gasteiger partial charge in [0.05, 0.1) is 5.60 Å². The SMILES string of the molecule is CC(=O)O[C@@H]1[CH][C@@]2(O)[C@H](C)CC[C@@H](C(C)CN3CCN(C/C=C/c4ccccc4)CC3)[C@H]2C=C1C. The summed E-state index contributed by atoms with van der Waals surface area (Å²) < 4.78 is 5.51. The zero-order valence-electron chi connectivity index (χ0n) is 21.9. The van der Waals surface area contributed by atoms with Crippen LogP contribution in [0.15, 0.2) is 48.1 Å². The molecule has 0 spiro atoms. The number of fused-ring (bicyclic) bond motifs is 1. The Hall–Kier alpha value is -1.95. The van der Waals surface area contributed by atoms with E-state index in [1.165, 1.54) is 12.5 Å². The lowest BCUT2D eigenvalue weighted by Gasteiger charge is -2.53. The number of ether oxygens (including phenoxy) is 1. The average Bonchev–Trinajstić information content (AvgIpc) is 2.83. The van der Waals surface area contributed by atoms with Gasteiger partial charge in [0, 0.05) is 58.5 Å². The Morgan fingerprint density at radius 3 is 2.54 bits per heavy atom. The lowest BCUT2D eigenvalue weighted by atomic mass is 9.57. The van der Waals surface area contributed by atoms with E-state index >= 15 is 0 Å². The molecule has 0 aromatic heterocycles.